The minimum atomic E-state index is -4.58. The molecule has 6 nitrogen and oxygen atoms in total. The maximum absolute atomic E-state index is 13.2. The quantitative estimate of drug-likeness (QED) is 0.730. The largest absolute Gasteiger partial charge is 0.496 e. The number of Topliss-reactive ketones (excluding diaryl/α,β-unsaturated/α-hetero) is 1. The summed E-state index contributed by atoms with van der Waals surface area (Å²) in [7, 11) is -3.11. The number of alkyl halides is 3. The molecule has 1 aliphatic rings. The molecule has 0 spiro atoms. The van der Waals surface area contributed by atoms with Gasteiger partial charge in [-0.2, -0.15) is 21.6 Å². The molecular weight excluding hydrogens is 411 g/mol. The standard InChI is InChI=1S/C19H18F3NO5S/c1-10(29(25,26)27)13-9-14-11(8-17(13)28-2)6-12(18(14)24)7-16-15(19(20,21)22)4-3-5-23-16/h3-5,8-10,12H,6-7H2,1-2H3,(H,25,26,27). The van der Waals surface area contributed by atoms with E-state index in [1.165, 1.54) is 38.4 Å². The Labute approximate surface area is 165 Å². The third-order valence-corrected chi connectivity index (χ3v) is 6.23. The fourth-order valence-electron chi connectivity index (χ4n) is 3.53. The minimum Gasteiger partial charge on any atom is -0.496 e. The zero-order valence-electron chi connectivity index (χ0n) is 15.5. The number of methoxy groups -OCH3 is 1. The molecule has 1 heterocycles. The van der Waals surface area contributed by atoms with Crippen molar-refractivity contribution in [3.05, 3.63) is 58.4 Å². The molecule has 0 amide bonds. The summed E-state index contributed by atoms with van der Waals surface area (Å²) >= 11 is 0. The second-order valence-electron chi connectivity index (χ2n) is 6.87. The van der Waals surface area contributed by atoms with Crippen molar-refractivity contribution < 1.29 is 35.7 Å². The summed E-state index contributed by atoms with van der Waals surface area (Å²) in [6.07, 6.45) is -3.36. The van der Waals surface area contributed by atoms with Crippen LogP contribution in [0.4, 0.5) is 13.2 Å². The van der Waals surface area contributed by atoms with E-state index in [0.29, 0.717) is 5.56 Å². The fraction of sp³-hybridized carbons (Fsp3) is 0.368. The molecule has 29 heavy (non-hydrogen) atoms. The number of carbonyl (C=O) groups excluding carboxylic acids is 1. The molecular formula is C19H18F3NO5S. The lowest BCUT2D eigenvalue weighted by Crippen LogP contribution is -2.17. The van der Waals surface area contributed by atoms with Crippen molar-refractivity contribution in [2.24, 2.45) is 5.92 Å². The summed E-state index contributed by atoms with van der Waals surface area (Å²) in [5, 5.41) is -1.33. The first kappa shape index (κ1) is 21.3. The molecule has 10 heteroatoms. The van der Waals surface area contributed by atoms with Crippen LogP contribution in [0.1, 0.15) is 44.9 Å². The average Bonchev–Trinajstić information content (AvgIpc) is 2.93. The number of aromatic nitrogens is 1. The van der Waals surface area contributed by atoms with Crippen molar-refractivity contribution in [3.8, 4) is 5.75 Å². The summed E-state index contributed by atoms with van der Waals surface area (Å²) in [4.78, 5) is 16.6. The van der Waals surface area contributed by atoms with Crippen molar-refractivity contribution in [3.63, 3.8) is 0 Å². The second-order valence-corrected chi connectivity index (χ2v) is 8.61. The number of fused-ring (bicyclic) bond motifs is 1. The van der Waals surface area contributed by atoms with Crippen molar-refractivity contribution in [1.82, 2.24) is 4.98 Å². The van der Waals surface area contributed by atoms with E-state index in [-0.39, 0.29) is 35.4 Å². The van der Waals surface area contributed by atoms with Gasteiger partial charge in [-0.1, -0.05) is 0 Å². The number of ketones is 1. The van der Waals surface area contributed by atoms with Gasteiger partial charge in [0.05, 0.1) is 18.4 Å². The highest BCUT2D eigenvalue weighted by Crippen LogP contribution is 2.39. The first-order valence-corrected chi connectivity index (χ1v) is 10.2. The van der Waals surface area contributed by atoms with Gasteiger partial charge in [-0.15, -0.1) is 0 Å². The van der Waals surface area contributed by atoms with Crippen molar-refractivity contribution in [2.45, 2.75) is 31.2 Å². The lowest BCUT2D eigenvalue weighted by Gasteiger charge is -2.15. The Bertz CT molecular complexity index is 1070. The molecule has 1 aliphatic carbocycles. The maximum Gasteiger partial charge on any atom is 0.418 e. The highest BCUT2D eigenvalue weighted by Gasteiger charge is 2.38. The number of rotatable bonds is 5. The van der Waals surface area contributed by atoms with E-state index in [2.05, 4.69) is 4.98 Å². The van der Waals surface area contributed by atoms with Gasteiger partial charge < -0.3 is 4.74 Å². The van der Waals surface area contributed by atoms with Gasteiger partial charge in [0.2, 0.25) is 0 Å². The lowest BCUT2D eigenvalue weighted by atomic mass is 9.96. The first-order chi connectivity index (χ1) is 13.4. The molecule has 156 valence electrons. The number of nitrogens with zero attached hydrogens (tertiary/aromatic N) is 1. The molecule has 1 aromatic heterocycles. The molecule has 0 saturated carbocycles. The molecule has 3 rings (SSSR count). The van der Waals surface area contributed by atoms with Gasteiger partial charge in [-0.25, -0.2) is 0 Å². The number of pyridine rings is 1. The summed E-state index contributed by atoms with van der Waals surface area (Å²) in [6, 6.07) is 4.93. The molecule has 2 aromatic rings. The van der Waals surface area contributed by atoms with Crippen LogP contribution in [0.15, 0.2) is 30.5 Å². The molecule has 0 fully saturated rings. The van der Waals surface area contributed by atoms with Crippen LogP contribution in [-0.2, 0) is 29.1 Å². The van der Waals surface area contributed by atoms with Gasteiger partial charge in [0.25, 0.3) is 10.1 Å². The summed E-state index contributed by atoms with van der Waals surface area (Å²) < 4.78 is 77.2. The van der Waals surface area contributed by atoms with Crippen molar-refractivity contribution in [2.75, 3.05) is 7.11 Å². The Kier molecular flexibility index (Phi) is 5.44. The smallest absolute Gasteiger partial charge is 0.418 e. The molecule has 0 saturated heterocycles. The van der Waals surface area contributed by atoms with Crippen LogP contribution in [0.5, 0.6) is 5.75 Å². The molecule has 2 atom stereocenters. The van der Waals surface area contributed by atoms with Gasteiger partial charge in [0.15, 0.2) is 5.78 Å². The molecule has 0 aliphatic heterocycles. The van der Waals surface area contributed by atoms with E-state index in [9.17, 15) is 30.9 Å². The summed E-state index contributed by atoms with van der Waals surface area (Å²) in [6.45, 7) is 1.25. The van der Waals surface area contributed by atoms with Gasteiger partial charge in [0.1, 0.15) is 11.0 Å². The Balaban J connectivity index is 1.97. The Morgan fingerprint density at radius 1 is 1.34 bits per heavy atom. The lowest BCUT2D eigenvalue weighted by molar-refractivity contribution is -0.138. The van der Waals surface area contributed by atoms with Crippen LogP contribution in [0, 0.1) is 5.92 Å². The van der Waals surface area contributed by atoms with Crippen LogP contribution in [0.3, 0.4) is 0 Å². The molecule has 0 radical (unpaired) electrons. The van der Waals surface area contributed by atoms with Crippen LogP contribution in [0.2, 0.25) is 0 Å². The van der Waals surface area contributed by atoms with Gasteiger partial charge in [-0.05, 0) is 43.2 Å². The number of hydrogen-bond donors (Lipinski definition) is 1. The van der Waals surface area contributed by atoms with E-state index >= 15 is 0 Å². The second kappa shape index (κ2) is 7.42. The Morgan fingerprint density at radius 3 is 2.62 bits per heavy atom. The molecule has 0 bridgehead atoms. The number of halogens is 3. The van der Waals surface area contributed by atoms with Crippen LogP contribution in [-0.4, -0.2) is 30.8 Å². The predicted octanol–water partition coefficient (Wildman–Crippen LogP) is 3.66. The minimum absolute atomic E-state index is 0.108. The predicted molar refractivity (Wildman–Crippen MR) is 97.4 cm³/mol. The van der Waals surface area contributed by atoms with E-state index in [1.54, 1.807) is 0 Å². The third-order valence-electron chi connectivity index (χ3n) is 5.08. The Hall–Kier alpha value is -2.46. The van der Waals surface area contributed by atoms with Gasteiger partial charge in [-0.3, -0.25) is 14.3 Å². The Morgan fingerprint density at radius 2 is 2.03 bits per heavy atom. The highest BCUT2D eigenvalue weighted by atomic mass is 32.2. The average molecular weight is 429 g/mol. The van der Waals surface area contributed by atoms with Crippen molar-refractivity contribution in [1.29, 1.82) is 0 Å². The number of benzene rings is 1. The fourth-order valence-corrected chi connectivity index (χ4v) is 4.03. The van der Waals surface area contributed by atoms with Gasteiger partial charge >= 0.3 is 6.18 Å². The number of ether oxygens (including phenoxy) is 1. The number of hydrogen-bond acceptors (Lipinski definition) is 5. The topological polar surface area (TPSA) is 93.6 Å². The highest BCUT2D eigenvalue weighted by molar-refractivity contribution is 7.86. The maximum atomic E-state index is 13.2. The third kappa shape index (κ3) is 4.13. The normalized spacial score (nSPS) is 17.9. The zero-order valence-corrected chi connectivity index (χ0v) is 16.3. The zero-order chi connectivity index (χ0) is 21.6. The van der Waals surface area contributed by atoms with E-state index < -0.39 is 38.8 Å². The molecule has 2 unspecified atom stereocenters. The first-order valence-electron chi connectivity index (χ1n) is 8.66. The monoisotopic (exact) mass is 429 g/mol. The van der Waals surface area contributed by atoms with E-state index in [1.807, 2.05) is 0 Å². The van der Waals surface area contributed by atoms with Crippen LogP contribution in [0.25, 0.3) is 0 Å². The number of carbonyl (C=O) groups is 1. The van der Waals surface area contributed by atoms with Crippen molar-refractivity contribution >= 4 is 15.9 Å². The molecule has 1 N–H and O–H groups in total. The SMILES string of the molecule is COc1cc2c(cc1C(C)S(=O)(=O)O)C(=O)C(Cc1ncccc1C(F)(F)F)C2. The van der Waals surface area contributed by atoms with Crippen LogP contribution >= 0.6 is 0 Å². The molecule has 1 aromatic carbocycles. The van der Waals surface area contributed by atoms with Gasteiger partial charge in [0, 0.05) is 29.7 Å². The van der Waals surface area contributed by atoms with Crippen LogP contribution < -0.4 is 4.74 Å². The van der Waals surface area contributed by atoms with E-state index in [0.717, 1.165) is 6.07 Å². The summed E-state index contributed by atoms with van der Waals surface area (Å²) in [5.41, 5.74) is -0.235. The van der Waals surface area contributed by atoms with E-state index in [4.69, 9.17) is 4.74 Å². The summed E-state index contributed by atoms with van der Waals surface area (Å²) in [5.74, 6) is -0.983.